The lowest BCUT2D eigenvalue weighted by Gasteiger charge is -2.48. The summed E-state index contributed by atoms with van der Waals surface area (Å²) in [6, 6.07) is 0. The van der Waals surface area contributed by atoms with Crippen LogP contribution in [0.2, 0.25) is 22.2 Å². The fourth-order valence-corrected chi connectivity index (χ4v) is 15.9. The van der Waals surface area contributed by atoms with Gasteiger partial charge in [-0.25, -0.2) is 0 Å². The van der Waals surface area contributed by atoms with Crippen molar-refractivity contribution < 1.29 is 4.79 Å². The summed E-state index contributed by atoms with van der Waals surface area (Å²) in [5.74, 6) is 0.495. The lowest BCUT2D eigenvalue weighted by atomic mass is 9.67. The van der Waals surface area contributed by atoms with E-state index in [2.05, 4.69) is 48.5 Å². The van der Waals surface area contributed by atoms with Crippen molar-refractivity contribution in [3.63, 3.8) is 0 Å². The smallest absolute Gasteiger partial charge is 0.136 e. The van der Waals surface area contributed by atoms with Crippen LogP contribution in [0.4, 0.5) is 0 Å². The Morgan fingerprint density at radius 2 is 1.45 bits per heavy atom. The minimum atomic E-state index is -1.45. The first-order valence-corrected chi connectivity index (χ1v) is 11.9. The van der Waals surface area contributed by atoms with Crippen LogP contribution >= 0.6 is 0 Å². The SMILES string of the molecule is CC(=O)[C@]12CCC[C@@]1(C)C[C@@H]([Si](C(C)C)(C(C)C)C(C)C)C2. The van der Waals surface area contributed by atoms with Gasteiger partial charge in [-0.1, -0.05) is 71.5 Å². The van der Waals surface area contributed by atoms with Crippen molar-refractivity contribution in [2.24, 2.45) is 10.8 Å². The van der Waals surface area contributed by atoms with Crippen LogP contribution in [-0.2, 0) is 4.79 Å². The van der Waals surface area contributed by atoms with E-state index in [1.165, 1.54) is 25.7 Å². The predicted octanol–water partition coefficient (Wildman–Crippen LogP) is 6.59. The van der Waals surface area contributed by atoms with Gasteiger partial charge >= 0.3 is 0 Å². The molecule has 2 fully saturated rings. The van der Waals surface area contributed by atoms with Crippen LogP contribution in [0.1, 0.15) is 87.5 Å². The third-order valence-corrected chi connectivity index (χ3v) is 16.0. The van der Waals surface area contributed by atoms with Crippen LogP contribution in [-0.4, -0.2) is 13.9 Å². The zero-order valence-corrected chi connectivity index (χ0v) is 17.3. The summed E-state index contributed by atoms with van der Waals surface area (Å²) in [5.41, 5.74) is 3.58. The number of carbonyl (C=O) groups excluding carboxylic acids is 1. The van der Waals surface area contributed by atoms with Gasteiger partial charge in [0.15, 0.2) is 0 Å². The Morgan fingerprint density at radius 3 is 1.82 bits per heavy atom. The van der Waals surface area contributed by atoms with E-state index in [0.717, 1.165) is 28.6 Å². The van der Waals surface area contributed by atoms with Crippen LogP contribution < -0.4 is 0 Å². The minimum absolute atomic E-state index is 0.0224. The van der Waals surface area contributed by atoms with Crippen LogP contribution in [0, 0.1) is 10.8 Å². The number of ketones is 1. The van der Waals surface area contributed by atoms with E-state index in [1.54, 1.807) is 0 Å². The average Bonchev–Trinajstić information content (AvgIpc) is 2.79. The van der Waals surface area contributed by atoms with E-state index in [1.807, 2.05) is 6.92 Å². The second-order valence-corrected chi connectivity index (χ2v) is 15.9. The Bertz CT molecular complexity index is 417. The molecule has 0 bridgehead atoms. The summed E-state index contributed by atoms with van der Waals surface area (Å²) in [4.78, 5) is 12.7. The van der Waals surface area contributed by atoms with E-state index in [4.69, 9.17) is 0 Å². The first kappa shape index (κ1) is 18.2. The topological polar surface area (TPSA) is 17.1 Å². The van der Waals surface area contributed by atoms with Gasteiger partial charge in [0.05, 0.1) is 8.07 Å². The zero-order chi connectivity index (χ0) is 16.9. The summed E-state index contributed by atoms with van der Waals surface area (Å²) in [7, 11) is -1.45. The minimum Gasteiger partial charge on any atom is -0.299 e. The number of Topliss-reactive ketones (excluding diaryl/α,β-unsaturated/α-hetero) is 1. The maximum Gasteiger partial charge on any atom is 0.136 e. The quantitative estimate of drug-likeness (QED) is 0.521. The number of fused-ring (bicyclic) bond motifs is 1. The molecular weight excluding hydrogens is 284 g/mol. The van der Waals surface area contributed by atoms with Gasteiger partial charge in [-0.05, 0) is 43.6 Å². The third-order valence-electron chi connectivity index (χ3n) is 8.16. The molecule has 3 atom stereocenters. The highest BCUT2D eigenvalue weighted by Crippen LogP contribution is 2.71. The van der Waals surface area contributed by atoms with Gasteiger partial charge in [-0.15, -0.1) is 0 Å². The summed E-state index contributed by atoms with van der Waals surface area (Å²) in [5, 5.41) is 0. The van der Waals surface area contributed by atoms with Gasteiger partial charge in [0.2, 0.25) is 0 Å². The molecule has 2 saturated carbocycles. The van der Waals surface area contributed by atoms with E-state index in [0.29, 0.717) is 11.2 Å². The molecule has 0 aliphatic heterocycles. The Labute approximate surface area is 139 Å². The summed E-state index contributed by atoms with van der Waals surface area (Å²) < 4.78 is 0. The van der Waals surface area contributed by atoms with E-state index >= 15 is 0 Å². The monoisotopic (exact) mass is 322 g/mol. The summed E-state index contributed by atoms with van der Waals surface area (Å²) in [6.07, 6.45) is 6.24. The fourth-order valence-electron chi connectivity index (χ4n) is 7.52. The number of rotatable bonds is 5. The first-order valence-electron chi connectivity index (χ1n) is 9.55. The molecule has 2 heteroatoms. The lowest BCUT2D eigenvalue weighted by molar-refractivity contribution is -0.130. The molecule has 0 unspecified atom stereocenters. The normalized spacial score (nSPS) is 35.7. The van der Waals surface area contributed by atoms with Crippen LogP contribution in [0.3, 0.4) is 0 Å². The van der Waals surface area contributed by atoms with Crippen molar-refractivity contribution in [1.82, 2.24) is 0 Å². The van der Waals surface area contributed by atoms with Gasteiger partial charge in [0.1, 0.15) is 5.78 Å². The fraction of sp³-hybridized carbons (Fsp3) is 0.950. The van der Waals surface area contributed by atoms with E-state index in [-0.39, 0.29) is 5.41 Å². The van der Waals surface area contributed by atoms with E-state index < -0.39 is 8.07 Å². The van der Waals surface area contributed by atoms with Gasteiger partial charge < -0.3 is 0 Å². The predicted molar refractivity (Wildman–Crippen MR) is 99.1 cm³/mol. The highest BCUT2D eigenvalue weighted by molar-refractivity contribution is 6.84. The molecule has 0 heterocycles. The molecule has 0 amide bonds. The molecule has 0 saturated heterocycles. The van der Waals surface area contributed by atoms with Crippen LogP contribution in [0.15, 0.2) is 0 Å². The standard InChI is InChI=1S/C20H38OSi/c1-14(2)22(15(3)4,16(5)6)18-12-19(8)10-9-11-20(19,13-18)17(7)21/h14-16,18H,9-13H2,1-8H3/t18-,19+,20-/m1/s1. The van der Waals surface area contributed by atoms with Gasteiger partial charge in [0.25, 0.3) is 0 Å². The van der Waals surface area contributed by atoms with Gasteiger partial charge in [0, 0.05) is 5.41 Å². The second-order valence-electron chi connectivity index (χ2n) is 9.62. The summed E-state index contributed by atoms with van der Waals surface area (Å²) in [6.45, 7) is 19.2. The van der Waals surface area contributed by atoms with E-state index in [9.17, 15) is 4.79 Å². The van der Waals surface area contributed by atoms with Gasteiger partial charge in [-0.2, -0.15) is 0 Å². The zero-order valence-electron chi connectivity index (χ0n) is 16.3. The van der Waals surface area contributed by atoms with Crippen molar-refractivity contribution in [3.05, 3.63) is 0 Å². The molecule has 128 valence electrons. The van der Waals surface area contributed by atoms with Crippen molar-refractivity contribution in [2.75, 3.05) is 0 Å². The van der Waals surface area contributed by atoms with Crippen LogP contribution in [0.25, 0.3) is 0 Å². The highest BCUT2D eigenvalue weighted by Gasteiger charge is 2.65. The Kier molecular flexibility index (Phi) is 4.77. The van der Waals surface area contributed by atoms with Crippen molar-refractivity contribution >= 4 is 13.9 Å². The van der Waals surface area contributed by atoms with Gasteiger partial charge in [-0.3, -0.25) is 4.79 Å². The molecule has 1 nitrogen and oxygen atoms in total. The molecule has 0 spiro atoms. The summed E-state index contributed by atoms with van der Waals surface area (Å²) >= 11 is 0. The highest BCUT2D eigenvalue weighted by atomic mass is 28.3. The molecule has 2 aliphatic carbocycles. The average molecular weight is 323 g/mol. The molecule has 2 rings (SSSR count). The Morgan fingerprint density at radius 1 is 0.955 bits per heavy atom. The molecule has 2 aliphatic rings. The molecule has 0 N–H and O–H groups in total. The van der Waals surface area contributed by atoms with Crippen molar-refractivity contribution in [1.29, 1.82) is 0 Å². The van der Waals surface area contributed by atoms with Crippen molar-refractivity contribution in [2.45, 2.75) is 110 Å². The number of carbonyl (C=O) groups is 1. The molecular formula is C20H38OSi. The third kappa shape index (κ3) is 2.19. The van der Waals surface area contributed by atoms with Crippen LogP contribution in [0.5, 0.6) is 0 Å². The lowest BCUT2D eigenvalue weighted by Crippen LogP contribution is -2.48. The Hall–Kier alpha value is -0.113. The number of hydrogen-bond acceptors (Lipinski definition) is 1. The largest absolute Gasteiger partial charge is 0.299 e. The first-order chi connectivity index (χ1) is 10.0. The van der Waals surface area contributed by atoms with Crippen molar-refractivity contribution in [3.8, 4) is 0 Å². The maximum absolute atomic E-state index is 12.7. The molecule has 0 aromatic rings. The maximum atomic E-state index is 12.7. The molecule has 0 aromatic carbocycles. The molecule has 22 heavy (non-hydrogen) atoms. The molecule has 0 aromatic heterocycles. The molecule has 0 radical (unpaired) electrons. The second kappa shape index (κ2) is 5.75. The Balaban J connectivity index is 2.48. The number of hydrogen-bond donors (Lipinski definition) is 0.